The number of hydrogen-bond donors (Lipinski definition) is 0. The van der Waals surface area contributed by atoms with Gasteiger partial charge in [-0.15, -0.1) is 6.58 Å². The van der Waals surface area contributed by atoms with Crippen LogP contribution in [0.2, 0.25) is 0 Å². The number of rotatable bonds is 13. The molecule has 130 valence electrons. The molecule has 0 saturated heterocycles. The van der Waals surface area contributed by atoms with Crippen LogP contribution in [-0.2, 0) is 0 Å². The van der Waals surface area contributed by atoms with Gasteiger partial charge in [-0.2, -0.15) is 0 Å². The molecule has 0 bridgehead atoms. The van der Waals surface area contributed by atoms with Gasteiger partial charge < -0.3 is 0 Å². The number of hydrogen-bond acceptors (Lipinski definition) is 0. The predicted molar refractivity (Wildman–Crippen MR) is 110 cm³/mol. The van der Waals surface area contributed by atoms with E-state index >= 15 is 0 Å². The SMILES string of the molecule is C=CCCCCCCC=CC=CCCC(C)C=Cc1ccccc1. The third-order valence-corrected chi connectivity index (χ3v) is 4.12. The minimum absolute atomic E-state index is 0.620. The average Bonchev–Trinajstić information content (AvgIpc) is 2.62. The Bertz CT molecular complexity index is 490. The molecular formula is C24H34. The minimum atomic E-state index is 0.620. The Hall–Kier alpha value is -1.82. The molecule has 0 nitrogen and oxygen atoms in total. The van der Waals surface area contributed by atoms with Gasteiger partial charge in [-0.1, -0.05) is 92.6 Å². The van der Waals surface area contributed by atoms with Gasteiger partial charge in [0.15, 0.2) is 0 Å². The molecule has 0 fully saturated rings. The monoisotopic (exact) mass is 322 g/mol. The molecule has 1 rings (SSSR count). The Kier molecular flexibility index (Phi) is 12.4. The van der Waals surface area contributed by atoms with E-state index in [0.29, 0.717) is 5.92 Å². The van der Waals surface area contributed by atoms with Crippen LogP contribution in [0.4, 0.5) is 0 Å². The van der Waals surface area contributed by atoms with Crippen molar-refractivity contribution in [2.24, 2.45) is 5.92 Å². The highest BCUT2D eigenvalue weighted by atomic mass is 14.0. The molecule has 1 atom stereocenters. The summed E-state index contributed by atoms with van der Waals surface area (Å²) in [4.78, 5) is 0. The van der Waals surface area contributed by atoms with Gasteiger partial charge in [0.25, 0.3) is 0 Å². The van der Waals surface area contributed by atoms with E-state index in [9.17, 15) is 0 Å². The third kappa shape index (κ3) is 11.7. The maximum Gasteiger partial charge on any atom is -0.0256 e. The molecule has 24 heavy (non-hydrogen) atoms. The van der Waals surface area contributed by atoms with Gasteiger partial charge in [0.1, 0.15) is 0 Å². The van der Waals surface area contributed by atoms with Crippen LogP contribution >= 0.6 is 0 Å². The lowest BCUT2D eigenvalue weighted by Gasteiger charge is -2.02. The largest absolute Gasteiger partial charge is 0.103 e. The minimum Gasteiger partial charge on any atom is -0.103 e. The quantitative estimate of drug-likeness (QED) is 0.198. The molecule has 1 aromatic rings. The maximum absolute atomic E-state index is 3.76. The Morgan fingerprint density at radius 1 is 0.875 bits per heavy atom. The number of benzene rings is 1. The summed E-state index contributed by atoms with van der Waals surface area (Å²) in [7, 11) is 0. The molecule has 0 aliphatic carbocycles. The standard InChI is InChI=1S/C24H34/c1-3-4-5-6-7-8-9-10-11-12-13-15-18-23(2)21-22-24-19-16-14-17-20-24/h3,10-14,16-17,19-23H,1,4-9,15,18H2,2H3. The van der Waals surface area contributed by atoms with E-state index in [4.69, 9.17) is 0 Å². The Morgan fingerprint density at radius 2 is 1.54 bits per heavy atom. The molecule has 0 radical (unpaired) electrons. The van der Waals surface area contributed by atoms with Gasteiger partial charge in [0, 0.05) is 0 Å². The predicted octanol–water partition coefficient (Wildman–Crippen LogP) is 7.76. The zero-order valence-electron chi connectivity index (χ0n) is 15.4. The van der Waals surface area contributed by atoms with Crippen LogP contribution in [0.25, 0.3) is 6.08 Å². The zero-order valence-corrected chi connectivity index (χ0v) is 15.4. The van der Waals surface area contributed by atoms with E-state index in [1.807, 2.05) is 6.08 Å². The van der Waals surface area contributed by atoms with Crippen LogP contribution in [0.1, 0.15) is 63.9 Å². The summed E-state index contributed by atoms with van der Waals surface area (Å²) >= 11 is 0. The zero-order chi connectivity index (χ0) is 17.3. The number of allylic oxidation sites excluding steroid dienone is 6. The Morgan fingerprint density at radius 3 is 2.25 bits per heavy atom. The van der Waals surface area contributed by atoms with Crippen molar-refractivity contribution in [2.75, 3.05) is 0 Å². The third-order valence-electron chi connectivity index (χ3n) is 4.12. The Labute approximate surface area is 149 Å². The van der Waals surface area contributed by atoms with Crippen molar-refractivity contribution in [3.05, 3.63) is 78.9 Å². The summed E-state index contributed by atoms with van der Waals surface area (Å²) in [6, 6.07) is 10.5. The second-order valence-corrected chi connectivity index (χ2v) is 6.46. The van der Waals surface area contributed by atoms with Gasteiger partial charge >= 0.3 is 0 Å². The molecular weight excluding hydrogens is 288 g/mol. The fraction of sp³-hybridized carbons (Fsp3) is 0.417. The van der Waals surface area contributed by atoms with Crippen LogP contribution < -0.4 is 0 Å². The summed E-state index contributed by atoms with van der Waals surface area (Å²) < 4.78 is 0. The van der Waals surface area contributed by atoms with Crippen LogP contribution in [0.15, 0.2) is 73.4 Å². The molecule has 1 aromatic carbocycles. The van der Waals surface area contributed by atoms with Gasteiger partial charge in [-0.3, -0.25) is 0 Å². The van der Waals surface area contributed by atoms with Gasteiger partial charge in [0.05, 0.1) is 0 Å². The van der Waals surface area contributed by atoms with Crippen LogP contribution in [0.5, 0.6) is 0 Å². The fourth-order valence-electron chi connectivity index (χ4n) is 2.55. The second-order valence-electron chi connectivity index (χ2n) is 6.46. The topological polar surface area (TPSA) is 0 Å². The van der Waals surface area contributed by atoms with Crippen molar-refractivity contribution in [1.29, 1.82) is 0 Å². The molecule has 0 N–H and O–H groups in total. The smallest absolute Gasteiger partial charge is 0.0256 e. The molecule has 0 heteroatoms. The van der Waals surface area contributed by atoms with E-state index in [-0.39, 0.29) is 0 Å². The van der Waals surface area contributed by atoms with Crippen molar-refractivity contribution in [3.63, 3.8) is 0 Å². The van der Waals surface area contributed by atoms with E-state index in [1.54, 1.807) is 0 Å². The highest BCUT2D eigenvalue weighted by molar-refractivity contribution is 5.48. The van der Waals surface area contributed by atoms with E-state index in [1.165, 1.54) is 44.1 Å². The molecule has 0 aliphatic heterocycles. The van der Waals surface area contributed by atoms with Crippen molar-refractivity contribution >= 4 is 6.08 Å². The van der Waals surface area contributed by atoms with Crippen molar-refractivity contribution in [3.8, 4) is 0 Å². The van der Waals surface area contributed by atoms with E-state index in [0.717, 1.165) is 12.8 Å². The number of unbranched alkanes of at least 4 members (excludes halogenated alkanes) is 5. The first-order chi connectivity index (χ1) is 11.8. The Balaban J connectivity index is 2.03. The lowest BCUT2D eigenvalue weighted by atomic mass is 10.0. The van der Waals surface area contributed by atoms with Gasteiger partial charge in [-0.25, -0.2) is 0 Å². The molecule has 0 spiro atoms. The molecule has 0 amide bonds. The maximum atomic E-state index is 3.76. The summed E-state index contributed by atoms with van der Waals surface area (Å²) in [5, 5.41) is 0. The lowest BCUT2D eigenvalue weighted by Crippen LogP contribution is -1.87. The highest BCUT2D eigenvalue weighted by Gasteiger charge is 1.94. The summed E-state index contributed by atoms with van der Waals surface area (Å²) in [6.45, 7) is 6.04. The molecule has 1 unspecified atom stereocenters. The first-order valence-corrected chi connectivity index (χ1v) is 9.48. The van der Waals surface area contributed by atoms with E-state index in [2.05, 4.69) is 80.3 Å². The summed E-state index contributed by atoms with van der Waals surface area (Å²) in [5.41, 5.74) is 1.28. The van der Waals surface area contributed by atoms with Crippen LogP contribution in [0.3, 0.4) is 0 Å². The van der Waals surface area contributed by atoms with E-state index < -0.39 is 0 Å². The summed E-state index contributed by atoms with van der Waals surface area (Å²) in [6.07, 6.45) is 25.5. The van der Waals surface area contributed by atoms with Crippen molar-refractivity contribution < 1.29 is 0 Å². The van der Waals surface area contributed by atoms with Gasteiger partial charge in [-0.05, 0) is 50.0 Å². The normalized spacial score (nSPS) is 13.2. The average molecular weight is 323 g/mol. The molecule has 0 heterocycles. The molecule has 0 saturated carbocycles. The lowest BCUT2D eigenvalue weighted by molar-refractivity contribution is 0.652. The molecule has 0 aromatic heterocycles. The van der Waals surface area contributed by atoms with Gasteiger partial charge in [0.2, 0.25) is 0 Å². The van der Waals surface area contributed by atoms with Crippen molar-refractivity contribution in [1.82, 2.24) is 0 Å². The van der Waals surface area contributed by atoms with Crippen LogP contribution in [-0.4, -0.2) is 0 Å². The van der Waals surface area contributed by atoms with Crippen LogP contribution in [0, 0.1) is 5.92 Å². The fourth-order valence-corrected chi connectivity index (χ4v) is 2.55. The highest BCUT2D eigenvalue weighted by Crippen LogP contribution is 2.11. The first-order valence-electron chi connectivity index (χ1n) is 9.48. The van der Waals surface area contributed by atoms with Crippen molar-refractivity contribution in [2.45, 2.75) is 58.3 Å². The summed E-state index contributed by atoms with van der Waals surface area (Å²) in [5.74, 6) is 0.620. The first kappa shape index (κ1) is 20.2. The molecule has 0 aliphatic rings. The second kappa shape index (κ2) is 14.8.